The maximum atomic E-state index is 12.8. The Kier molecular flexibility index (Phi) is 4.24. The number of fused-ring (bicyclic) bond motifs is 1. The van der Waals surface area contributed by atoms with Gasteiger partial charge < -0.3 is 10.0 Å². The smallest absolute Gasteiger partial charge is 0.257 e. The Bertz CT molecular complexity index is 665. The van der Waals surface area contributed by atoms with Crippen LogP contribution in [-0.4, -0.2) is 38.8 Å². The van der Waals surface area contributed by atoms with Gasteiger partial charge in [0.2, 0.25) is 0 Å². The molecule has 5 nitrogen and oxygen atoms in total. The quantitative estimate of drug-likeness (QED) is 0.939. The largest absolute Gasteiger partial charge is 0.394 e. The molecular formula is C17H21N3O2. The molecule has 0 unspecified atom stereocenters. The fourth-order valence-electron chi connectivity index (χ4n) is 3.08. The highest BCUT2D eigenvalue weighted by molar-refractivity contribution is 5.94. The molecule has 0 saturated carbocycles. The lowest BCUT2D eigenvalue weighted by Gasteiger charge is -2.36. The molecule has 1 atom stereocenters. The summed E-state index contributed by atoms with van der Waals surface area (Å²) in [7, 11) is 0. The van der Waals surface area contributed by atoms with Crippen molar-refractivity contribution in [3.05, 3.63) is 53.3 Å². The normalized spacial score (nSPS) is 17.4. The minimum Gasteiger partial charge on any atom is -0.394 e. The van der Waals surface area contributed by atoms with E-state index in [2.05, 4.69) is 18.1 Å². The number of rotatable bonds is 4. The van der Waals surface area contributed by atoms with Crippen LogP contribution in [0.2, 0.25) is 0 Å². The van der Waals surface area contributed by atoms with E-state index in [1.165, 1.54) is 5.56 Å². The topological polar surface area (TPSA) is 58.4 Å². The van der Waals surface area contributed by atoms with E-state index in [0.29, 0.717) is 12.1 Å². The average Bonchev–Trinajstić information content (AvgIpc) is 3.02. The van der Waals surface area contributed by atoms with Gasteiger partial charge in [-0.2, -0.15) is 5.10 Å². The van der Waals surface area contributed by atoms with Gasteiger partial charge in [-0.25, -0.2) is 0 Å². The zero-order valence-electron chi connectivity index (χ0n) is 12.8. The van der Waals surface area contributed by atoms with Crippen molar-refractivity contribution in [2.24, 2.45) is 0 Å². The van der Waals surface area contributed by atoms with E-state index in [9.17, 15) is 9.90 Å². The molecule has 0 fully saturated rings. The third-order valence-corrected chi connectivity index (χ3v) is 4.18. The lowest BCUT2D eigenvalue weighted by molar-refractivity contribution is 0.0568. The number of carbonyl (C=O) groups excluding carboxylic acids is 1. The van der Waals surface area contributed by atoms with Crippen LogP contribution >= 0.6 is 0 Å². The molecule has 116 valence electrons. The van der Waals surface area contributed by atoms with Gasteiger partial charge in [-0.3, -0.25) is 9.48 Å². The van der Waals surface area contributed by atoms with Gasteiger partial charge in [0.25, 0.3) is 5.91 Å². The van der Waals surface area contributed by atoms with E-state index >= 15 is 0 Å². The Morgan fingerprint density at radius 2 is 2.23 bits per heavy atom. The Morgan fingerprint density at radius 3 is 3.00 bits per heavy atom. The summed E-state index contributed by atoms with van der Waals surface area (Å²) in [6, 6.07) is 7.75. The van der Waals surface area contributed by atoms with Gasteiger partial charge in [0.1, 0.15) is 0 Å². The van der Waals surface area contributed by atoms with Gasteiger partial charge in [-0.1, -0.05) is 31.2 Å². The first-order chi connectivity index (χ1) is 10.7. The highest BCUT2D eigenvalue weighted by Crippen LogP contribution is 2.30. The number of carbonyl (C=O) groups is 1. The van der Waals surface area contributed by atoms with E-state index in [1.807, 2.05) is 18.2 Å². The van der Waals surface area contributed by atoms with Crippen molar-refractivity contribution in [2.75, 3.05) is 13.2 Å². The second-order valence-electron chi connectivity index (χ2n) is 5.64. The molecule has 22 heavy (non-hydrogen) atoms. The molecular weight excluding hydrogens is 278 g/mol. The van der Waals surface area contributed by atoms with Gasteiger partial charge >= 0.3 is 0 Å². The predicted octanol–water partition coefficient (Wildman–Crippen LogP) is 2.02. The van der Waals surface area contributed by atoms with Crippen LogP contribution in [0.25, 0.3) is 0 Å². The van der Waals surface area contributed by atoms with Gasteiger partial charge in [0.05, 0.1) is 24.4 Å². The second-order valence-corrected chi connectivity index (χ2v) is 5.64. The average molecular weight is 299 g/mol. The second kappa shape index (κ2) is 6.32. The van der Waals surface area contributed by atoms with Crippen molar-refractivity contribution >= 4 is 5.91 Å². The number of nitrogens with zero attached hydrogens (tertiary/aromatic N) is 3. The summed E-state index contributed by atoms with van der Waals surface area (Å²) >= 11 is 0. The van der Waals surface area contributed by atoms with Gasteiger partial charge in [-0.15, -0.1) is 0 Å². The molecule has 1 aromatic heterocycles. The standard InChI is InChI=1S/C17H21N3O2/c1-2-8-19-11-14(10-18-19)17(22)20-9-7-13-5-3-4-6-15(13)16(20)12-21/h3-6,10-11,16,21H,2,7-9,12H2,1H3/t16-/m0/s1. The van der Waals surface area contributed by atoms with Crippen molar-refractivity contribution in [2.45, 2.75) is 32.4 Å². The molecule has 0 aliphatic carbocycles. The summed E-state index contributed by atoms with van der Waals surface area (Å²) in [6.45, 7) is 3.44. The fourth-order valence-corrected chi connectivity index (χ4v) is 3.08. The van der Waals surface area contributed by atoms with E-state index < -0.39 is 0 Å². The van der Waals surface area contributed by atoms with E-state index in [4.69, 9.17) is 0 Å². The number of amides is 1. The Morgan fingerprint density at radius 1 is 1.41 bits per heavy atom. The summed E-state index contributed by atoms with van der Waals surface area (Å²) in [5.74, 6) is -0.0593. The van der Waals surface area contributed by atoms with Crippen molar-refractivity contribution in [3.8, 4) is 0 Å². The first kappa shape index (κ1) is 14.8. The molecule has 0 radical (unpaired) electrons. The molecule has 1 aromatic carbocycles. The van der Waals surface area contributed by atoms with E-state index in [1.54, 1.807) is 22.0 Å². The minimum absolute atomic E-state index is 0.0593. The Balaban J connectivity index is 1.86. The molecule has 1 aliphatic rings. The lowest BCUT2D eigenvalue weighted by atomic mass is 9.92. The first-order valence-electron chi connectivity index (χ1n) is 7.76. The van der Waals surface area contributed by atoms with Crippen molar-refractivity contribution in [1.82, 2.24) is 14.7 Å². The number of aliphatic hydroxyl groups is 1. The number of aliphatic hydroxyl groups excluding tert-OH is 1. The molecule has 0 bridgehead atoms. The maximum Gasteiger partial charge on any atom is 0.257 e. The summed E-state index contributed by atoms with van der Waals surface area (Å²) in [6.07, 6.45) is 5.21. The third kappa shape index (κ3) is 2.64. The van der Waals surface area contributed by atoms with E-state index in [-0.39, 0.29) is 18.6 Å². The SMILES string of the molecule is CCCn1cc(C(=O)N2CCc3ccccc3[C@@H]2CO)cn1. The van der Waals surface area contributed by atoms with Crippen LogP contribution < -0.4 is 0 Å². The van der Waals surface area contributed by atoms with Crippen LogP contribution in [0.3, 0.4) is 0 Å². The fraction of sp³-hybridized carbons (Fsp3) is 0.412. The van der Waals surface area contributed by atoms with Crippen LogP contribution in [0.4, 0.5) is 0 Å². The molecule has 3 rings (SSSR count). The summed E-state index contributed by atoms with van der Waals surface area (Å²) in [5.41, 5.74) is 2.85. The monoisotopic (exact) mass is 299 g/mol. The zero-order chi connectivity index (χ0) is 15.5. The van der Waals surface area contributed by atoms with Crippen LogP contribution in [0.15, 0.2) is 36.7 Å². The molecule has 0 spiro atoms. The van der Waals surface area contributed by atoms with Crippen LogP contribution in [0.5, 0.6) is 0 Å². The third-order valence-electron chi connectivity index (χ3n) is 4.18. The van der Waals surface area contributed by atoms with Crippen molar-refractivity contribution < 1.29 is 9.90 Å². The minimum atomic E-state index is -0.271. The molecule has 0 saturated heterocycles. The number of hydrogen-bond acceptors (Lipinski definition) is 3. The van der Waals surface area contributed by atoms with Crippen molar-refractivity contribution in [1.29, 1.82) is 0 Å². The molecule has 2 aromatic rings. The number of benzene rings is 1. The number of aromatic nitrogens is 2. The highest BCUT2D eigenvalue weighted by atomic mass is 16.3. The molecule has 5 heteroatoms. The molecule has 2 heterocycles. The number of hydrogen-bond donors (Lipinski definition) is 1. The Labute approximate surface area is 130 Å². The Hall–Kier alpha value is -2.14. The van der Waals surface area contributed by atoms with Crippen LogP contribution in [-0.2, 0) is 13.0 Å². The van der Waals surface area contributed by atoms with Crippen LogP contribution in [0.1, 0.15) is 40.9 Å². The predicted molar refractivity (Wildman–Crippen MR) is 83.5 cm³/mol. The highest BCUT2D eigenvalue weighted by Gasteiger charge is 2.31. The summed E-state index contributed by atoms with van der Waals surface area (Å²) in [5, 5.41) is 14.0. The molecule has 1 N–H and O–H groups in total. The summed E-state index contributed by atoms with van der Waals surface area (Å²) in [4.78, 5) is 14.5. The van der Waals surface area contributed by atoms with Gasteiger partial charge in [0.15, 0.2) is 0 Å². The van der Waals surface area contributed by atoms with Crippen molar-refractivity contribution in [3.63, 3.8) is 0 Å². The van der Waals surface area contributed by atoms with Gasteiger partial charge in [0, 0.05) is 19.3 Å². The molecule has 1 amide bonds. The summed E-state index contributed by atoms with van der Waals surface area (Å²) < 4.78 is 1.79. The van der Waals surface area contributed by atoms with E-state index in [0.717, 1.165) is 24.9 Å². The number of aryl methyl sites for hydroxylation is 1. The van der Waals surface area contributed by atoms with Gasteiger partial charge in [-0.05, 0) is 24.0 Å². The first-order valence-corrected chi connectivity index (χ1v) is 7.76. The molecule has 1 aliphatic heterocycles. The maximum absolute atomic E-state index is 12.8. The lowest BCUT2D eigenvalue weighted by Crippen LogP contribution is -2.41. The zero-order valence-corrected chi connectivity index (χ0v) is 12.8. The van der Waals surface area contributed by atoms with Crippen LogP contribution in [0, 0.1) is 0 Å².